The summed E-state index contributed by atoms with van der Waals surface area (Å²) in [6, 6.07) is 0. The second-order valence-corrected chi connectivity index (χ2v) is 2.99. The molecule has 1 aromatic heterocycles. The predicted octanol–water partition coefficient (Wildman–Crippen LogP) is -0.289. The first-order valence-electron chi connectivity index (χ1n) is 2.89. The molecule has 0 aliphatic rings. The van der Waals surface area contributed by atoms with Crippen LogP contribution in [-0.2, 0) is 4.79 Å². The first-order valence-corrected chi connectivity index (χ1v) is 3.71. The van der Waals surface area contributed by atoms with E-state index in [9.17, 15) is 4.79 Å². The lowest BCUT2D eigenvalue weighted by atomic mass is 10.7. The average Bonchev–Trinajstić information content (AvgIpc) is 2.31. The first-order chi connectivity index (χ1) is 5.18. The number of ether oxygens (including phenoxy) is 1. The van der Waals surface area contributed by atoms with Crippen molar-refractivity contribution in [3.63, 3.8) is 0 Å². The highest BCUT2D eigenvalue weighted by molar-refractivity contribution is 7.12. The van der Waals surface area contributed by atoms with Crippen molar-refractivity contribution in [2.75, 3.05) is 6.61 Å². The van der Waals surface area contributed by atoms with E-state index in [1.807, 2.05) is 0 Å². The molecule has 0 aliphatic heterocycles. The number of amides is 1. The fourth-order valence-corrected chi connectivity index (χ4v) is 1.00. The Labute approximate surface area is 67.2 Å². The number of nitrogens with two attached hydrogens (primary N) is 1. The molecule has 2 N–H and O–H groups in total. The molecule has 0 aromatic carbocycles. The van der Waals surface area contributed by atoms with Crippen LogP contribution in [0.15, 0.2) is 0 Å². The van der Waals surface area contributed by atoms with Crippen molar-refractivity contribution < 1.29 is 9.53 Å². The van der Waals surface area contributed by atoms with Gasteiger partial charge in [0, 0.05) is 0 Å². The molecule has 1 aromatic rings. The SMILES string of the molecule is Cc1nnc(OCC(N)=O)s1. The minimum atomic E-state index is -0.516. The molecule has 0 atom stereocenters. The highest BCUT2D eigenvalue weighted by Crippen LogP contribution is 2.15. The number of nitrogens with zero attached hydrogens (tertiary/aromatic N) is 2. The molecule has 5 nitrogen and oxygen atoms in total. The maximum absolute atomic E-state index is 10.2. The Morgan fingerprint density at radius 3 is 2.91 bits per heavy atom. The molecule has 1 rings (SSSR count). The Hall–Kier alpha value is -1.17. The van der Waals surface area contributed by atoms with Crippen molar-refractivity contribution in [1.29, 1.82) is 0 Å². The Balaban J connectivity index is 2.45. The van der Waals surface area contributed by atoms with Crippen molar-refractivity contribution in [2.24, 2.45) is 5.73 Å². The quantitative estimate of drug-likeness (QED) is 0.681. The lowest BCUT2D eigenvalue weighted by Gasteiger charge is -1.94. The number of hydrogen-bond acceptors (Lipinski definition) is 5. The number of primary amides is 1. The van der Waals surface area contributed by atoms with Crippen molar-refractivity contribution in [3.8, 4) is 5.19 Å². The highest BCUT2D eigenvalue weighted by atomic mass is 32.1. The average molecular weight is 173 g/mol. The molecule has 6 heteroatoms. The minimum Gasteiger partial charge on any atom is -0.459 e. The van der Waals surface area contributed by atoms with Gasteiger partial charge in [0.15, 0.2) is 6.61 Å². The van der Waals surface area contributed by atoms with Gasteiger partial charge in [0.1, 0.15) is 5.01 Å². The largest absolute Gasteiger partial charge is 0.459 e. The van der Waals surface area contributed by atoms with Crippen LogP contribution in [0.25, 0.3) is 0 Å². The summed E-state index contributed by atoms with van der Waals surface area (Å²) in [5, 5.41) is 8.48. The molecule has 60 valence electrons. The van der Waals surface area contributed by atoms with Crippen molar-refractivity contribution in [3.05, 3.63) is 5.01 Å². The van der Waals surface area contributed by atoms with E-state index in [0.717, 1.165) is 5.01 Å². The van der Waals surface area contributed by atoms with Crippen molar-refractivity contribution >= 4 is 17.2 Å². The van der Waals surface area contributed by atoms with Gasteiger partial charge >= 0.3 is 0 Å². The minimum absolute atomic E-state index is 0.144. The van der Waals surface area contributed by atoms with Gasteiger partial charge < -0.3 is 10.5 Å². The van der Waals surface area contributed by atoms with Crippen LogP contribution in [0.5, 0.6) is 5.19 Å². The van der Waals surface area contributed by atoms with E-state index in [4.69, 9.17) is 10.5 Å². The van der Waals surface area contributed by atoms with Gasteiger partial charge in [-0.25, -0.2) is 0 Å². The summed E-state index contributed by atoms with van der Waals surface area (Å²) in [7, 11) is 0. The third kappa shape index (κ3) is 2.50. The Morgan fingerprint density at radius 2 is 2.45 bits per heavy atom. The Bertz CT molecular complexity index is 260. The van der Waals surface area contributed by atoms with Crippen LogP contribution < -0.4 is 10.5 Å². The van der Waals surface area contributed by atoms with Gasteiger partial charge in [-0.2, -0.15) is 0 Å². The second kappa shape index (κ2) is 3.29. The lowest BCUT2D eigenvalue weighted by Crippen LogP contribution is -2.19. The molecule has 11 heavy (non-hydrogen) atoms. The first kappa shape index (κ1) is 7.93. The fourth-order valence-electron chi connectivity index (χ4n) is 0.470. The number of aromatic nitrogens is 2. The van der Waals surface area contributed by atoms with E-state index in [-0.39, 0.29) is 6.61 Å². The normalized spacial score (nSPS) is 9.55. The lowest BCUT2D eigenvalue weighted by molar-refractivity contribution is -0.119. The van der Waals surface area contributed by atoms with E-state index in [1.165, 1.54) is 11.3 Å². The molecule has 0 fully saturated rings. The van der Waals surface area contributed by atoms with E-state index < -0.39 is 5.91 Å². The Kier molecular flexibility index (Phi) is 2.37. The van der Waals surface area contributed by atoms with Gasteiger partial charge in [-0.05, 0) is 6.92 Å². The smallest absolute Gasteiger partial charge is 0.294 e. The van der Waals surface area contributed by atoms with Crippen LogP contribution in [0.1, 0.15) is 5.01 Å². The molecular formula is C5H7N3O2S. The third-order valence-electron chi connectivity index (χ3n) is 0.845. The topological polar surface area (TPSA) is 78.1 Å². The molecule has 0 aliphatic carbocycles. The predicted molar refractivity (Wildman–Crippen MR) is 39.3 cm³/mol. The van der Waals surface area contributed by atoms with Crippen LogP contribution >= 0.6 is 11.3 Å². The molecule has 1 heterocycles. The van der Waals surface area contributed by atoms with Crippen LogP contribution in [-0.4, -0.2) is 22.7 Å². The van der Waals surface area contributed by atoms with Gasteiger partial charge in [-0.3, -0.25) is 4.79 Å². The number of rotatable bonds is 3. The maximum atomic E-state index is 10.2. The molecule has 0 radical (unpaired) electrons. The fraction of sp³-hybridized carbons (Fsp3) is 0.400. The van der Waals surface area contributed by atoms with Crippen LogP contribution in [0.2, 0.25) is 0 Å². The van der Waals surface area contributed by atoms with Crippen molar-refractivity contribution in [2.45, 2.75) is 6.92 Å². The van der Waals surface area contributed by atoms with Gasteiger partial charge in [0.05, 0.1) is 0 Å². The van der Waals surface area contributed by atoms with E-state index >= 15 is 0 Å². The summed E-state index contributed by atoms with van der Waals surface area (Å²) < 4.78 is 4.86. The summed E-state index contributed by atoms with van der Waals surface area (Å²) in [5.41, 5.74) is 4.84. The van der Waals surface area contributed by atoms with E-state index in [2.05, 4.69) is 10.2 Å². The monoisotopic (exact) mass is 173 g/mol. The number of carbonyl (C=O) groups is 1. The summed E-state index contributed by atoms with van der Waals surface area (Å²) >= 11 is 1.28. The van der Waals surface area contributed by atoms with Gasteiger partial charge in [0.25, 0.3) is 11.1 Å². The molecule has 0 spiro atoms. The number of hydrogen-bond donors (Lipinski definition) is 1. The standard InChI is InChI=1S/C5H7N3O2S/c1-3-7-8-5(11-3)10-2-4(6)9/h2H2,1H3,(H2,6,9). The zero-order chi connectivity index (χ0) is 8.27. The van der Waals surface area contributed by atoms with E-state index in [1.54, 1.807) is 6.92 Å². The van der Waals surface area contributed by atoms with Crippen LogP contribution in [0.3, 0.4) is 0 Å². The molecule has 1 amide bonds. The van der Waals surface area contributed by atoms with E-state index in [0.29, 0.717) is 5.19 Å². The van der Waals surface area contributed by atoms with Gasteiger partial charge in [0.2, 0.25) is 0 Å². The highest BCUT2D eigenvalue weighted by Gasteiger charge is 2.01. The maximum Gasteiger partial charge on any atom is 0.294 e. The summed E-state index contributed by atoms with van der Waals surface area (Å²) in [6.07, 6.45) is 0. The van der Waals surface area contributed by atoms with Gasteiger partial charge in [-0.15, -0.1) is 10.2 Å². The molecular weight excluding hydrogens is 166 g/mol. The van der Waals surface area contributed by atoms with Crippen molar-refractivity contribution in [1.82, 2.24) is 10.2 Å². The van der Waals surface area contributed by atoms with Crippen LogP contribution in [0.4, 0.5) is 0 Å². The van der Waals surface area contributed by atoms with Crippen LogP contribution in [0, 0.1) is 6.92 Å². The molecule has 0 saturated carbocycles. The summed E-state index contributed by atoms with van der Waals surface area (Å²) in [4.78, 5) is 10.2. The number of aryl methyl sites for hydroxylation is 1. The third-order valence-corrected chi connectivity index (χ3v) is 1.60. The Morgan fingerprint density at radius 1 is 1.73 bits per heavy atom. The molecule has 0 saturated heterocycles. The zero-order valence-corrected chi connectivity index (χ0v) is 6.72. The van der Waals surface area contributed by atoms with Gasteiger partial charge in [-0.1, -0.05) is 11.3 Å². The summed E-state index contributed by atoms with van der Waals surface area (Å²) in [5.74, 6) is -0.516. The number of carbonyl (C=O) groups excluding carboxylic acids is 1. The summed E-state index contributed by atoms with van der Waals surface area (Å²) in [6.45, 7) is 1.66. The zero-order valence-electron chi connectivity index (χ0n) is 5.90. The molecule has 0 unspecified atom stereocenters. The molecule has 0 bridgehead atoms. The second-order valence-electron chi connectivity index (χ2n) is 1.84.